The highest BCUT2D eigenvalue weighted by Crippen LogP contribution is 2.31. The number of methoxy groups -OCH3 is 1. The molecule has 0 radical (unpaired) electrons. The molecule has 1 aromatic rings. The van der Waals surface area contributed by atoms with Gasteiger partial charge < -0.3 is 19.3 Å². The summed E-state index contributed by atoms with van der Waals surface area (Å²) in [5, 5.41) is 10.7. The Morgan fingerprint density at radius 1 is 1.47 bits per heavy atom. The standard InChI is InChI=1S/C12H15ClO4/c1-15-11-3-2-8(13)6-9(11)10(14)7-12-16-4-5-17-12/h2-3,6,10,12,14H,4-5,7H2,1H3. The molecule has 17 heavy (non-hydrogen) atoms. The van der Waals surface area contributed by atoms with Crippen LogP contribution in [-0.4, -0.2) is 31.7 Å². The van der Waals surface area contributed by atoms with Crippen molar-refractivity contribution in [3.63, 3.8) is 0 Å². The number of rotatable bonds is 4. The normalized spacial score (nSPS) is 18.3. The lowest BCUT2D eigenvalue weighted by Gasteiger charge is -2.17. The van der Waals surface area contributed by atoms with Crippen molar-refractivity contribution >= 4 is 11.6 Å². The van der Waals surface area contributed by atoms with E-state index in [-0.39, 0.29) is 6.29 Å². The van der Waals surface area contributed by atoms with Crippen LogP contribution in [0, 0.1) is 0 Å². The first-order chi connectivity index (χ1) is 8.20. The maximum atomic E-state index is 10.1. The molecule has 4 nitrogen and oxygen atoms in total. The molecule has 1 saturated heterocycles. The highest BCUT2D eigenvalue weighted by molar-refractivity contribution is 6.30. The van der Waals surface area contributed by atoms with E-state index in [1.54, 1.807) is 25.3 Å². The summed E-state index contributed by atoms with van der Waals surface area (Å²) in [5.74, 6) is 0.611. The Morgan fingerprint density at radius 3 is 2.82 bits per heavy atom. The van der Waals surface area contributed by atoms with Crippen LogP contribution in [0.2, 0.25) is 5.02 Å². The van der Waals surface area contributed by atoms with Crippen molar-refractivity contribution in [1.82, 2.24) is 0 Å². The molecule has 94 valence electrons. The van der Waals surface area contributed by atoms with E-state index in [0.717, 1.165) is 0 Å². The number of benzene rings is 1. The molecule has 1 atom stereocenters. The van der Waals surface area contributed by atoms with Crippen molar-refractivity contribution in [1.29, 1.82) is 0 Å². The molecule has 1 N–H and O–H groups in total. The van der Waals surface area contributed by atoms with Crippen molar-refractivity contribution < 1.29 is 19.3 Å². The third kappa shape index (κ3) is 3.10. The third-order valence-corrected chi connectivity index (χ3v) is 2.89. The van der Waals surface area contributed by atoms with Gasteiger partial charge in [-0.15, -0.1) is 0 Å². The first kappa shape index (κ1) is 12.6. The summed E-state index contributed by atoms with van der Waals surface area (Å²) in [5.41, 5.74) is 0.652. The minimum Gasteiger partial charge on any atom is -0.496 e. The van der Waals surface area contributed by atoms with E-state index in [1.165, 1.54) is 0 Å². The summed E-state index contributed by atoms with van der Waals surface area (Å²) in [6.07, 6.45) is -0.697. The number of ether oxygens (including phenoxy) is 3. The lowest BCUT2D eigenvalue weighted by molar-refractivity contribution is -0.0710. The van der Waals surface area contributed by atoms with Gasteiger partial charge in [-0.1, -0.05) is 11.6 Å². The van der Waals surface area contributed by atoms with Gasteiger partial charge in [0.25, 0.3) is 0 Å². The van der Waals surface area contributed by atoms with Crippen LogP contribution >= 0.6 is 11.6 Å². The molecule has 1 aliphatic heterocycles. The van der Waals surface area contributed by atoms with E-state index in [4.69, 9.17) is 25.8 Å². The predicted octanol–water partition coefficient (Wildman–Crippen LogP) is 2.14. The van der Waals surface area contributed by atoms with E-state index in [9.17, 15) is 5.11 Å². The van der Waals surface area contributed by atoms with Gasteiger partial charge in [0, 0.05) is 17.0 Å². The quantitative estimate of drug-likeness (QED) is 0.899. The topological polar surface area (TPSA) is 47.9 Å². The summed E-state index contributed by atoms with van der Waals surface area (Å²) in [7, 11) is 1.56. The van der Waals surface area contributed by atoms with Crippen LogP contribution in [0.25, 0.3) is 0 Å². The highest BCUT2D eigenvalue weighted by Gasteiger charge is 2.23. The Morgan fingerprint density at radius 2 is 2.18 bits per heavy atom. The average Bonchev–Trinajstić information content (AvgIpc) is 2.81. The van der Waals surface area contributed by atoms with E-state index in [2.05, 4.69) is 0 Å². The molecule has 1 fully saturated rings. The van der Waals surface area contributed by atoms with E-state index in [0.29, 0.717) is 36.0 Å². The molecule has 0 bridgehead atoms. The maximum Gasteiger partial charge on any atom is 0.160 e. The van der Waals surface area contributed by atoms with Crippen molar-refractivity contribution in [2.75, 3.05) is 20.3 Å². The Labute approximate surface area is 105 Å². The summed E-state index contributed by atoms with van der Waals surface area (Å²) < 4.78 is 15.8. The van der Waals surface area contributed by atoms with Crippen molar-refractivity contribution in [2.24, 2.45) is 0 Å². The summed E-state index contributed by atoms with van der Waals surface area (Å²) in [4.78, 5) is 0. The van der Waals surface area contributed by atoms with Crippen molar-refractivity contribution in [3.8, 4) is 5.75 Å². The van der Waals surface area contributed by atoms with Gasteiger partial charge >= 0.3 is 0 Å². The Balaban J connectivity index is 2.11. The Kier molecular flexibility index (Phi) is 4.23. The van der Waals surface area contributed by atoms with Crippen LogP contribution in [0.4, 0.5) is 0 Å². The van der Waals surface area contributed by atoms with Gasteiger partial charge in [-0.05, 0) is 18.2 Å². The smallest absolute Gasteiger partial charge is 0.160 e. The first-order valence-electron chi connectivity index (χ1n) is 5.45. The number of aliphatic hydroxyl groups excluding tert-OH is 1. The average molecular weight is 259 g/mol. The summed E-state index contributed by atoms with van der Waals surface area (Å²) in [6.45, 7) is 1.15. The molecule has 0 aliphatic carbocycles. The van der Waals surface area contributed by atoms with E-state index in [1.807, 2.05) is 0 Å². The summed E-state index contributed by atoms with van der Waals surface area (Å²) in [6, 6.07) is 5.15. The van der Waals surface area contributed by atoms with Crippen LogP contribution in [0.3, 0.4) is 0 Å². The van der Waals surface area contributed by atoms with Gasteiger partial charge in [0.1, 0.15) is 5.75 Å². The molecule has 1 aromatic carbocycles. The van der Waals surface area contributed by atoms with Gasteiger partial charge in [0.2, 0.25) is 0 Å². The zero-order valence-electron chi connectivity index (χ0n) is 9.56. The molecule has 0 saturated carbocycles. The number of aliphatic hydroxyl groups is 1. The van der Waals surface area contributed by atoms with Gasteiger partial charge in [0.05, 0.1) is 26.4 Å². The molecule has 1 aliphatic rings. The van der Waals surface area contributed by atoms with Gasteiger partial charge in [-0.3, -0.25) is 0 Å². The van der Waals surface area contributed by atoms with Gasteiger partial charge in [0.15, 0.2) is 6.29 Å². The first-order valence-corrected chi connectivity index (χ1v) is 5.83. The number of halogens is 1. The largest absolute Gasteiger partial charge is 0.496 e. The van der Waals surface area contributed by atoms with E-state index < -0.39 is 6.10 Å². The molecule has 1 unspecified atom stereocenters. The second kappa shape index (κ2) is 5.69. The maximum absolute atomic E-state index is 10.1. The Bertz CT molecular complexity index is 377. The van der Waals surface area contributed by atoms with Crippen LogP contribution in [0.15, 0.2) is 18.2 Å². The molecule has 0 aromatic heterocycles. The van der Waals surface area contributed by atoms with Crippen LogP contribution in [0.1, 0.15) is 18.1 Å². The summed E-state index contributed by atoms with van der Waals surface area (Å²) >= 11 is 5.91. The zero-order valence-corrected chi connectivity index (χ0v) is 10.3. The fourth-order valence-corrected chi connectivity index (χ4v) is 2.00. The molecular weight excluding hydrogens is 244 g/mol. The molecule has 0 amide bonds. The number of hydrogen-bond donors (Lipinski definition) is 1. The van der Waals surface area contributed by atoms with Crippen LogP contribution < -0.4 is 4.74 Å². The molecule has 5 heteroatoms. The SMILES string of the molecule is COc1ccc(Cl)cc1C(O)CC1OCCO1. The van der Waals surface area contributed by atoms with Crippen LogP contribution in [-0.2, 0) is 9.47 Å². The lowest BCUT2D eigenvalue weighted by atomic mass is 10.1. The highest BCUT2D eigenvalue weighted by atomic mass is 35.5. The minimum atomic E-state index is -0.716. The minimum absolute atomic E-state index is 0.353. The predicted molar refractivity (Wildman–Crippen MR) is 63.3 cm³/mol. The van der Waals surface area contributed by atoms with Crippen LogP contribution in [0.5, 0.6) is 5.75 Å². The van der Waals surface area contributed by atoms with Gasteiger partial charge in [-0.2, -0.15) is 0 Å². The fraction of sp³-hybridized carbons (Fsp3) is 0.500. The van der Waals surface area contributed by atoms with Gasteiger partial charge in [-0.25, -0.2) is 0 Å². The van der Waals surface area contributed by atoms with E-state index >= 15 is 0 Å². The molecule has 2 rings (SSSR count). The third-order valence-electron chi connectivity index (χ3n) is 2.66. The van der Waals surface area contributed by atoms with Crippen molar-refractivity contribution in [3.05, 3.63) is 28.8 Å². The lowest BCUT2D eigenvalue weighted by Crippen LogP contribution is -2.13. The molecule has 0 spiro atoms. The zero-order chi connectivity index (χ0) is 12.3. The molecule has 1 heterocycles. The second-order valence-electron chi connectivity index (χ2n) is 3.81. The molecular formula is C12H15ClO4. The fourth-order valence-electron chi connectivity index (χ4n) is 1.82. The van der Waals surface area contributed by atoms with Crippen molar-refractivity contribution in [2.45, 2.75) is 18.8 Å². The monoisotopic (exact) mass is 258 g/mol. The number of hydrogen-bond acceptors (Lipinski definition) is 4. The Hall–Kier alpha value is -0.810. The second-order valence-corrected chi connectivity index (χ2v) is 4.25.